The van der Waals surface area contributed by atoms with Crippen molar-refractivity contribution in [1.29, 1.82) is 0 Å². The summed E-state index contributed by atoms with van der Waals surface area (Å²) in [6, 6.07) is 8.08. The van der Waals surface area contributed by atoms with Gasteiger partial charge in [0.2, 0.25) is 0 Å². The second-order valence-corrected chi connectivity index (χ2v) is 3.02. The molecule has 1 N–H and O–H groups in total. The van der Waals surface area contributed by atoms with Crippen LogP contribution >= 0.6 is 0 Å². The fourth-order valence-electron chi connectivity index (χ4n) is 1.36. The van der Waals surface area contributed by atoms with Gasteiger partial charge in [-0.05, 0) is 18.1 Å². The molecule has 0 aliphatic carbocycles. The maximum atomic E-state index is 11.9. The average Bonchev–Trinajstić information content (AvgIpc) is 2.17. The minimum absolute atomic E-state index is 0.319. The lowest BCUT2D eigenvalue weighted by Gasteiger charge is -2.09. The average molecular weight is 181 g/mol. The van der Waals surface area contributed by atoms with Gasteiger partial charge in [-0.2, -0.15) is 0 Å². The number of hydrogen-bond acceptors (Lipinski definition) is 1. The Morgan fingerprint density at radius 1 is 1.31 bits per heavy atom. The Hall–Kier alpha value is -1.05. The molecule has 72 valence electrons. The number of anilines is 1. The number of halogens is 1. The van der Waals surface area contributed by atoms with Gasteiger partial charge in [0.15, 0.2) is 0 Å². The molecule has 0 bridgehead atoms. The third-order valence-electron chi connectivity index (χ3n) is 1.95. The van der Waals surface area contributed by atoms with Crippen molar-refractivity contribution in [2.24, 2.45) is 0 Å². The summed E-state index contributed by atoms with van der Waals surface area (Å²) in [6.07, 6.45) is 2.17. The van der Waals surface area contributed by atoms with Crippen molar-refractivity contribution in [3.8, 4) is 0 Å². The number of nitrogens with one attached hydrogen (secondary N) is 1. The first kappa shape index (κ1) is 10.0. The zero-order chi connectivity index (χ0) is 9.52. The highest BCUT2D eigenvalue weighted by molar-refractivity contribution is 5.51. The number of alkyl halides is 1. The van der Waals surface area contributed by atoms with Gasteiger partial charge in [-0.25, -0.2) is 4.39 Å². The van der Waals surface area contributed by atoms with E-state index in [4.69, 9.17) is 0 Å². The lowest BCUT2D eigenvalue weighted by molar-refractivity contribution is 0.512. The third kappa shape index (κ3) is 3.05. The molecule has 2 heteroatoms. The molecule has 0 aliphatic heterocycles. The van der Waals surface area contributed by atoms with Crippen LogP contribution in [0.15, 0.2) is 24.3 Å². The van der Waals surface area contributed by atoms with Crippen LogP contribution in [0.3, 0.4) is 0 Å². The first-order valence-corrected chi connectivity index (χ1v) is 4.76. The molecule has 0 unspecified atom stereocenters. The zero-order valence-corrected chi connectivity index (χ0v) is 8.02. The van der Waals surface area contributed by atoms with E-state index in [-0.39, 0.29) is 6.67 Å². The standard InChI is InChI=1S/C11H16FN/c1-2-5-10-6-3-4-7-11(10)13-9-8-12/h3-4,6-7,13H,2,5,8-9H2,1H3. The summed E-state index contributed by atoms with van der Waals surface area (Å²) in [6.45, 7) is 2.23. The van der Waals surface area contributed by atoms with E-state index in [2.05, 4.69) is 18.3 Å². The lowest BCUT2D eigenvalue weighted by atomic mass is 10.1. The maximum absolute atomic E-state index is 11.9. The second-order valence-electron chi connectivity index (χ2n) is 3.02. The van der Waals surface area contributed by atoms with Gasteiger partial charge in [0, 0.05) is 12.2 Å². The molecule has 13 heavy (non-hydrogen) atoms. The number of benzene rings is 1. The van der Waals surface area contributed by atoms with Crippen LogP contribution in [0.25, 0.3) is 0 Å². The minimum atomic E-state index is -0.319. The van der Waals surface area contributed by atoms with E-state index in [0.29, 0.717) is 6.54 Å². The van der Waals surface area contributed by atoms with Gasteiger partial charge in [-0.3, -0.25) is 0 Å². The predicted molar refractivity (Wildman–Crippen MR) is 54.9 cm³/mol. The molecule has 0 aromatic heterocycles. The molecule has 0 heterocycles. The van der Waals surface area contributed by atoms with Crippen LogP contribution in [-0.2, 0) is 6.42 Å². The summed E-state index contributed by atoms with van der Waals surface area (Å²) in [5.74, 6) is 0. The maximum Gasteiger partial charge on any atom is 0.107 e. The molecular formula is C11H16FN. The Labute approximate surface area is 79.0 Å². The van der Waals surface area contributed by atoms with Crippen molar-refractivity contribution >= 4 is 5.69 Å². The normalized spacial score (nSPS) is 10.0. The summed E-state index contributed by atoms with van der Waals surface area (Å²) in [5, 5.41) is 3.07. The first-order valence-electron chi connectivity index (χ1n) is 4.76. The number of aryl methyl sites for hydroxylation is 1. The van der Waals surface area contributed by atoms with Crippen LogP contribution in [0.2, 0.25) is 0 Å². The Kier molecular flexibility index (Phi) is 4.30. The predicted octanol–water partition coefficient (Wildman–Crippen LogP) is 3.02. The van der Waals surface area contributed by atoms with E-state index >= 15 is 0 Å². The molecule has 0 aliphatic rings. The Balaban J connectivity index is 2.66. The molecule has 1 rings (SSSR count). The largest absolute Gasteiger partial charge is 0.382 e. The van der Waals surface area contributed by atoms with Crippen LogP contribution in [-0.4, -0.2) is 13.2 Å². The van der Waals surface area contributed by atoms with Crippen molar-refractivity contribution in [1.82, 2.24) is 0 Å². The summed E-state index contributed by atoms with van der Waals surface area (Å²) in [5.41, 5.74) is 2.35. The van der Waals surface area contributed by atoms with Crippen LogP contribution in [0.5, 0.6) is 0 Å². The topological polar surface area (TPSA) is 12.0 Å². The van der Waals surface area contributed by atoms with Crippen LogP contribution in [0.1, 0.15) is 18.9 Å². The van der Waals surface area contributed by atoms with Crippen molar-refractivity contribution in [3.05, 3.63) is 29.8 Å². The van der Waals surface area contributed by atoms with Crippen LogP contribution in [0.4, 0.5) is 10.1 Å². The van der Waals surface area contributed by atoms with Crippen LogP contribution in [0, 0.1) is 0 Å². The van der Waals surface area contributed by atoms with Gasteiger partial charge < -0.3 is 5.32 Å². The summed E-state index contributed by atoms with van der Waals surface area (Å²) < 4.78 is 11.9. The quantitative estimate of drug-likeness (QED) is 0.736. The molecule has 0 saturated heterocycles. The van der Waals surface area contributed by atoms with E-state index in [1.807, 2.05) is 18.2 Å². The fraction of sp³-hybridized carbons (Fsp3) is 0.455. The molecule has 1 nitrogen and oxygen atoms in total. The third-order valence-corrected chi connectivity index (χ3v) is 1.95. The molecule has 0 spiro atoms. The van der Waals surface area contributed by atoms with Crippen molar-refractivity contribution in [2.75, 3.05) is 18.5 Å². The van der Waals surface area contributed by atoms with Gasteiger partial charge in [0.1, 0.15) is 6.67 Å². The highest BCUT2D eigenvalue weighted by atomic mass is 19.1. The number of hydrogen-bond donors (Lipinski definition) is 1. The van der Waals surface area contributed by atoms with Crippen molar-refractivity contribution in [3.63, 3.8) is 0 Å². The monoisotopic (exact) mass is 181 g/mol. The highest BCUT2D eigenvalue weighted by Gasteiger charge is 1.98. The summed E-state index contributed by atoms with van der Waals surface area (Å²) in [7, 11) is 0. The lowest BCUT2D eigenvalue weighted by Crippen LogP contribution is -2.05. The Bertz CT molecular complexity index is 248. The first-order chi connectivity index (χ1) is 6.38. The van der Waals surface area contributed by atoms with E-state index < -0.39 is 0 Å². The molecule has 0 atom stereocenters. The number of rotatable bonds is 5. The molecule has 1 aromatic rings. The Morgan fingerprint density at radius 3 is 2.77 bits per heavy atom. The molecular weight excluding hydrogens is 165 g/mol. The van der Waals surface area contributed by atoms with Crippen LogP contribution < -0.4 is 5.32 Å². The van der Waals surface area contributed by atoms with Crippen molar-refractivity contribution in [2.45, 2.75) is 19.8 Å². The smallest absolute Gasteiger partial charge is 0.107 e. The zero-order valence-electron chi connectivity index (χ0n) is 8.02. The van der Waals surface area contributed by atoms with E-state index in [1.54, 1.807) is 0 Å². The summed E-state index contributed by atoms with van der Waals surface area (Å²) in [4.78, 5) is 0. The van der Waals surface area contributed by atoms with E-state index in [9.17, 15) is 4.39 Å². The van der Waals surface area contributed by atoms with Gasteiger partial charge in [0.25, 0.3) is 0 Å². The highest BCUT2D eigenvalue weighted by Crippen LogP contribution is 2.16. The van der Waals surface area contributed by atoms with Gasteiger partial charge in [-0.15, -0.1) is 0 Å². The van der Waals surface area contributed by atoms with Gasteiger partial charge in [0.05, 0.1) is 0 Å². The van der Waals surface area contributed by atoms with Gasteiger partial charge in [-0.1, -0.05) is 31.5 Å². The summed E-state index contributed by atoms with van der Waals surface area (Å²) >= 11 is 0. The minimum Gasteiger partial charge on any atom is -0.382 e. The number of para-hydroxylation sites is 1. The molecule has 0 saturated carbocycles. The van der Waals surface area contributed by atoms with E-state index in [0.717, 1.165) is 18.5 Å². The molecule has 0 amide bonds. The molecule has 0 fully saturated rings. The molecule has 0 radical (unpaired) electrons. The van der Waals surface area contributed by atoms with E-state index in [1.165, 1.54) is 5.56 Å². The molecule has 1 aromatic carbocycles. The fourth-order valence-corrected chi connectivity index (χ4v) is 1.36. The second kappa shape index (κ2) is 5.57. The Morgan fingerprint density at radius 2 is 2.08 bits per heavy atom. The SMILES string of the molecule is CCCc1ccccc1NCCF. The van der Waals surface area contributed by atoms with Crippen molar-refractivity contribution < 1.29 is 4.39 Å². The van der Waals surface area contributed by atoms with Gasteiger partial charge >= 0.3 is 0 Å².